The van der Waals surface area contributed by atoms with Gasteiger partial charge in [-0.15, -0.1) is 0 Å². The summed E-state index contributed by atoms with van der Waals surface area (Å²) < 4.78 is 1.18. The first-order valence-corrected chi connectivity index (χ1v) is 7.94. The number of nitrogens with one attached hydrogen (secondary N) is 1. The number of pyridine rings is 1. The molecular formula is C18H18N4O3. The van der Waals surface area contributed by atoms with Gasteiger partial charge in [-0.1, -0.05) is 30.3 Å². The summed E-state index contributed by atoms with van der Waals surface area (Å²) in [5.41, 5.74) is 1.42. The molecule has 0 amide bonds. The molecule has 128 valence electrons. The molecule has 0 unspecified atom stereocenters. The molecule has 2 aromatic heterocycles. The first kappa shape index (κ1) is 16.6. The van der Waals surface area contributed by atoms with Gasteiger partial charge in [0.05, 0.1) is 4.92 Å². The van der Waals surface area contributed by atoms with Gasteiger partial charge in [0, 0.05) is 12.2 Å². The SMILES string of the molecule is Cc1ccccc1C[C@H](C)Nc1nc2ccccn2c(=O)c1[N+](=O)[O-]. The number of nitro groups is 1. The molecule has 7 heteroatoms. The minimum absolute atomic E-state index is 0.00211. The van der Waals surface area contributed by atoms with Crippen LogP contribution >= 0.6 is 0 Å². The maximum absolute atomic E-state index is 12.4. The van der Waals surface area contributed by atoms with Crippen molar-refractivity contribution in [3.8, 4) is 0 Å². The Morgan fingerprint density at radius 2 is 1.96 bits per heavy atom. The second-order valence-electron chi connectivity index (χ2n) is 5.98. The van der Waals surface area contributed by atoms with E-state index in [1.54, 1.807) is 18.2 Å². The summed E-state index contributed by atoms with van der Waals surface area (Å²) >= 11 is 0. The van der Waals surface area contributed by atoms with Crippen LogP contribution in [0.25, 0.3) is 5.65 Å². The fraction of sp³-hybridized carbons (Fsp3) is 0.222. The molecule has 0 bridgehead atoms. The number of benzene rings is 1. The maximum Gasteiger partial charge on any atom is 0.376 e. The quantitative estimate of drug-likeness (QED) is 0.570. The lowest BCUT2D eigenvalue weighted by atomic mass is 10.0. The van der Waals surface area contributed by atoms with Crippen molar-refractivity contribution in [1.82, 2.24) is 9.38 Å². The Labute approximate surface area is 144 Å². The van der Waals surface area contributed by atoms with E-state index in [-0.39, 0.29) is 11.9 Å². The monoisotopic (exact) mass is 338 g/mol. The standard InChI is InChI=1S/C18H18N4O3/c1-12-7-3-4-8-14(12)11-13(2)19-17-16(22(24)25)18(23)21-10-6-5-9-15(21)20-17/h3-10,13,19H,11H2,1-2H3/t13-/m0/s1. The van der Waals surface area contributed by atoms with E-state index in [0.717, 1.165) is 11.1 Å². The maximum atomic E-state index is 12.4. The summed E-state index contributed by atoms with van der Waals surface area (Å²) in [7, 11) is 0. The third-order valence-corrected chi connectivity index (χ3v) is 4.06. The van der Waals surface area contributed by atoms with Gasteiger partial charge in [0.1, 0.15) is 5.65 Å². The van der Waals surface area contributed by atoms with Crippen molar-refractivity contribution in [3.05, 3.63) is 80.3 Å². The minimum Gasteiger partial charge on any atom is -0.361 e. The van der Waals surface area contributed by atoms with Crippen LogP contribution in [-0.2, 0) is 6.42 Å². The number of hydrogen-bond acceptors (Lipinski definition) is 5. The fourth-order valence-electron chi connectivity index (χ4n) is 2.80. The number of rotatable bonds is 5. The summed E-state index contributed by atoms with van der Waals surface area (Å²) in [5.74, 6) is 0.00211. The first-order chi connectivity index (χ1) is 12.0. The van der Waals surface area contributed by atoms with Crippen LogP contribution in [0.2, 0.25) is 0 Å². The second kappa shape index (κ2) is 6.72. The molecular weight excluding hydrogens is 320 g/mol. The van der Waals surface area contributed by atoms with Gasteiger partial charge in [-0.3, -0.25) is 19.3 Å². The third-order valence-electron chi connectivity index (χ3n) is 4.06. The van der Waals surface area contributed by atoms with Gasteiger partial charge in [0.25, 0.3) is 0 Å². The molecule has 0 fully saturated rings. The number of fused-ring (bicyclic) bond motifs is 1. The zero-order valence-corrected chi connectivity index (χ0v) is 14.0. The molecule has 0 aliphatic carbocycles. The Morgan fingerprint density at radius 3 is 2.68 bits per heavy atom. The van der Waals surface area contributed by atoms with Crippen molar-refractivity contribution >= 4 is 17.2 Å². The van der Waals surface area contributed by atoms with E-state index in [1.807, 2.05) is 38.1 Å². The highest BCUT2D eigenvalue weighted by molar-refractivity contribution is 5.60. The molecule has 3 rings (SSSR count). The third kappa shape index (κ3) is 3.35. The number of aromatic nitrogens is 2. The van der Waals surface area contributed by atoms with Crippen molar-refractivity contribution in [1.29, 1.82) is 0 Å². The molecule has 0 spiro atoms. The van der Waals surface area contributed by atoms with Gasteiger partial charge in [-0.2, -0.15) is 0 Å². The Bertz CT molecular complexity index is 997. The topological polar surface area (TPSA) is 89.5 Å². The van der Waals surface area contributed by atoms with Crippen molar-refractivity contribution in [3.63, 3.8) is 0 Å². The number of nitrogens with zero attached hydrogens (tertiary/aromatic N) is 3. The molecule has 3 aromatic rings. The van der Waals surface area contributed by atoms with Crippen molar-refractivity contribution in [2.45, 2.75) is 26.3 Å². The van der Waals surface area contributed by atoms with E-state index in [4.69, 9.17) is 0 Å². The average Bonchev–Trinajstić information content (AvgIpc) is 2.57. The largest absolute Gasteiger partial charge is 0.376 e. The van der Waals surface area contributed by atoms with E-state index in [0.29, 0.717) is 12.1 Å². The zero-order chi connectivity index (χ0) is 18.0. The summed E-state index contributed by atoms with van der Waals surface area (Å²) in [6.07, 6.45) is 2.14. The fourth-order valence-corrected chi connectivity index (χ4v) is 2.80. The minimum atomic E-state index is -0.693. The van der Waals surface area contributed by atoms with Crippen LogP contribution in [0.3, 0.4) is 0 Å². The Kier molecular flexibility index (Phi) is 4.47. The smallest absolute Gasteiger partial charge is 0.361 e. The van der Waals surface area contributed by atoms with Crippen LogP contribution in [0.4, 0.5) is 11.5 Å². The molecule has 0 radical (unpaired) electrons. The number of aryl methyl sites for hydroxylation is 1. The summed E-state index contributed by atoms with van der Waals surface area (Å²) in [6.45, 7) is 3.93. The Morgan fingerprint density at radius 1 is 1.24 bits per heavy atom. The first-order valence-electron chi connectivity index (χ1n) is 7.94. The van der Waals surface area contributed by atoms with Crippen molar-refractivity contribution in [2.75, 3.05) is 5.32 Å². The van der Waals surface area contributed by atoms with E-state index in [2.05, 4.69) is 10.3 Å². The second-order valence-corrected chi connectivity index (χ2v) is 5.98. The van der Waals surface area contributed by atoms with Crippen LogP contribution < -0.4 is 10.9 Å². The molecule has 0 saturated heterocycles. The molecule has 7 nitrogen and oxygen atoms in total. The van der Waals surface area contributed by atoms with Gasteiger partial charge >= 0.3 is 11.2 Å². The van der Waals surface area contributed by atoms with Gasteiger partial charge in [-0.25, -0.2) is 4.98 Å². The summed E-state index contributed by atoms with van der Waals surface area (Å²) in [5, 5.41) is 14.4. The van der Waals surface area contributed by atoms with Crippen LogP contribution in [0, 0.1) is 17.0 Å². The van der Waals surface area contributed by atoms with Crippen LogP contribution in [0.15, 0.2) is 53.5 Å². The molecule has 1 aromatic carbocycles. The van der Waals surface area contributed by atoms with Crippen LogP contribution in [-0.4, -0.2) is 20.3 Å². The normalized spacial score (nSPS) is 12.1. The van der Waals surface area contributed by atoms with Crippen LogP contribution in [0.1, 0.15) is 18.1 Å². The number of anilines is 1. The number of hydrogen-bond donors (Lipinski definition) is 1. The van der Waals surface area contributed by atoms with Gasteiger partial charge in [0.2, 0.25) is 5.82 Å². The molecule has 0 aliphatic rings. The highest BCUT2D eigenvalue weighted by Crippen LogP contribution is 2.20. The van der Waals surface area contributed by atoms with Crippen LogP contribution in [0.5, 0.6) is 0 Å². The molecule has 0 aliphatic heterocycles. The lowest BCUT2D eigenvalue weighted by molar-refractivity contribution is -0.385. The Hall–Kier alpha value is -3.22. The van der Waals surface area contributed by atoms with E-state index in [9.17, 15) is 14.9 Å². The van der Waals surface area contributed by atoms with Gasteiger partial charge in [0.15, 0.2) is 0 Å². The average molecular weight is 338 g/mol. The highest BCUT2D eigenvalue weighted by Gasteiger charge is 2.24. The van der Waals surface area contributed by atoms with Crippen molar-refractivity contribution in [2.24, 2.45) is 0 Å². The molecule has 2 heterocycles. The lowest BCUT2D eigenvalue weighted by Crippen LogP contribution is -2.25. The van der Waals surface area contributed by atoms with E-state index < -0.39 is 16.2 Å². The summed E-state index contributed by atoms with van der Waals surface area (Å²) in [4.78, 5) is 27.4. The Balaban J connectivity index is 1.97. The molecule has 1 N–H and O–H groups in total. The predicted octanol–water partition coefficient (Wildman–Crippen LogP) is 2.95. The lowest BCUT2D eigenvalue weighted by Gasteiger charge is -2.16. The zero-order valence-electron chi connectivity index (χ0n) is 14.0. The highest BCUT2D eigenvalue weighted by atomic mass is 16.6. The molecule has 1 atom stereocenters. The molecule has 0 saturated carbocycles. The van der Waals surface area contributed by atoms with E-state index in [1.165, 1.54) is 10.6 Å². The van der Waals surface area contributed by atoms with Gasteiger partial charge in [-0.05, 0) is 43.5 Å². The van der Waals surface area contributed by atoms with Gasteiger partial charge < -0.3 is 5.32 Å². The summed E-state index contributed by atoms with van der Waals surface area (Å²) in [6, 6.07) is 12.8. The van der Waals surface area contributed by atoms with E-state index >= 15 is 0 Å². The van der Waals surface area contributed by atoms with Crippen molar-refractivity contribution < 1.29 is 4.92 Å². The predicted molar refractivity (Wildman–Crippen MR) is 96.1 cm³/mol. The molecule has 25 heavy (non-hydrogen) atoms.